The van der Waals surface area contributed by atoms with E-state index in [1.165, 1.54) is 0 Å². The Balaban J connectivity index is 2.26. The van der Waals surface area contributed by atoms with Gasteiger partial charge in [0.2, 0.25) is 0 Å². The summed E-state index contributed by atoms with van der Waals surface area (Å²) in [6.07, 6.45) is 2.70. The first-order valence-electron chi connectivity index (χ1n) is 6.82. The SMILES string of the molecule is CCCOc1ccc(Cl)cc1C=Nc1ccc(C)c(Cl)c1. The van der Waals surface area contributed by atoms with E-state index in [2.05, 4.69) is 11.9 Å². The quantitative estimate of drug-likeness (QED) is 0.634. The van der Waals surface area contributed by atoms with E-state index in [0.717, 1.165) is 29.0 Å². The second-order valence-electron chi connectivity index (χ2n) is 4.72. The van der Waals surface area contributed by atoms with Crippen molar-refractivity contribution < 1.29 is 4.74 Å². The minimum atomic E-state index is 0.655. The molecule has 0 radical (unpaired) electrons. The van der Waals surface area contributed by atoms with Crippen molar-refractivity contribution in [1.82, 2.24) is 0 Å². The van der Waals surface area contributed by atoms with Gasteiger partial charge in [0.15, 0.2) is 0 Å². The second kappa shape index (κ2) is 7.48. The molecule has 21 heavy (non-hydrogen) atoms. The highest BCUT2D eigenvalue weighted by atomic mass is 35.5. The Kier molecular flexibility index (Phi) is 5.66. The van der Waals surface area contributed by atoms with Gasteiger partial charge in [0, 0.05) is 21.8 Å². The highest BCUT2D eigenvalue weighted by Crippen LogP contribution is 2.25. The molecule has 0 spiro atoms. The number of hydrogen-bond acceptors (Lipinski definition) is 2. The molecule has 0 N–H and O–H groups in total. The largest absolute Gasteiger partial charge is 0.493 e. The van der Waals surface area contributed by atoms with Crippen LogP contribution in [0, 0.1) is 6.92 Å². The standard InChI is InChI=1S/C17H17Cl2NO/c1-3-8-21-17-7-5-14(18)9-13(17)11-20-15-6-4-12(2)16(19)10-15/h4-7,9-11H,3,8H2,1-2H3. The van der Waals surface area contributed by atoms with E-state index in [1.54, 1.807) is 6.21 Å². The van der Waals surface area contributed by atoms with Gasteiger partial charge in [-0.2, -0.15) is 0 Å². The summed E-state index contributed by atoms with van der Waals surface area (Å²) in [6.45, 7) is 4.69. The first-order chi connectivity index (χ1) is 10.1. The van der Waals surface area contributed by atoms with Crippen molar-refractivity contribution >= 4 is 35.1 Å². The zero-order valence-electron chi connectivity index (χ0n) is 12.1. The van der Waals surface area contributed by atoms with Crippen LogP contribution in [0.2, 0.25) is 10.0 Å². The fraction of sp³-hybridized carbons (Fsp3) is 0.235. The van der Waals surface area contributed by atoms with Crippen molar-refractivity contribution in [3.63, 3.8) is 0 Å². The lowest BCUT2D eigenvalue weighted by molar-refractivity contribution is 0.317. The normalized spacial score (nSPS) is 11.0. The third kappa shape index (κ3) is 4.48. The summed E-state index contributed by atoms with van der Waals surface area (Å²) in [7, 11) is 0. The monoisotopic (exact) mass is 321 g/mol. The number of benzene rings is 2. The van der Waals surface area contributed by atoms with Crippen LogP contribution in [0.15, 0.2) is 41.4 Å². The van der Waals surface area contributed by atoms with Crippen LogP contribution >= 0.6 is 23.2 Å². The van der Waals surface area contributed by atoms with Gasteiger partial charge in [-0.05, 0) is 49.2 Å². The number of halogens is 2. The van der Waals surface area contributed by atoms with Gasteiger partial charge in [0.25, 0.3) is 0 Å². The molecule has 0 heterocycles. The Morgan fingerprint density at radius 1 is 1.14 bits per heavy atom. The van der Waals surface area contributed by atoms with Crippen molar-refractivity contribution in [1.29, 1.82) is 0 Å². The van der Waals surface area contributed by atoms with Gasteiger partial charge in [-0.1, -0.05) is 36.2 Å². The Morgan fingerprint density at radius 2 is 1.95 bits per heavy atom. The Morgan fingerprint density at radius 3 is 2.67 bits per heavy atom. The fourth-order valence-corrected chi connectivity index (χ4v) is 2.13. The Hall–Kier alpha value is -1.51. The molecule has 0 saturated carbocycles. The molecule has 0 aliphatic carbocycles. The van der Waals surface area contributed by atoms with Gasteiger partial charge in [-0.3, -0.25) is 4.99 Å². The molecule has 0 fully saturated rings. The summed E-state index contributed by atoms with van der Waals surface area (Å²) in [6, 6.07) is 11.2. The fourth-order valence-electron chi connectivity index (χ4n) is 1.77. The molecule has 2 rings (SSSR count). The van der Waals surface area contributed by atoms with Gasteiger partial charge in [0.1, 0.15) is 5.75 Å². The maximum atomic E-state index is 6.10. The molecule has 110 valence electrons. The lowest BCUT2D eigenvalue weighted by atomic mass is 10.2. The van der Waals surface area contributed by atoms with Crippen molar-refractivity contribution in [2.24, 2.45) is 4.99 Å². The van der Waals surface area contributed by atoms with Crippen LogP contribution in [-0.4, -0.2) is 12.8 Å². The van der Waals surface area contributed by atoms with Crippen LogP contribution in [0.4, 0.5) is 5.69 Å². The predicted octanol–water partition coefficient (Wildman–Crippen LogP) is 5.84. The average Bonchev–Trinajstić information content (AvgIpc) is 2.47. The Labute approximate surface area is 135 Å². The number of ether oxygens (including phenoxy) is 1. The van der Waals surface area contributed by atoms with Crippen LogP contribution in [0.1, 0.15) is 24.5 Å². The summed E-state index contributed by atoms with van der Waals surface area (Å²) >= 11 is 12.1. The van der Waals surface area contributed by atoms with Crippen LogP contribution in [0.3, 0.4) is 0 Å². The molecule has 2 aromatic carbocycles. The zero-order valence-corrected chi connectivity index (χ0v) is 13.6. The van der Waals surface area contributed by atoms with E-state index in [4.69, 9.17) is 27.9 Å². The number of aliphatic imine (C=N–C) groups is 1. The summed E-state index contributed by atoms with van der Waals surface area (Å²) in [5, 5.41) is 1.36. The molecule has 0 aromatic heterocycles. The smallest absolute Gasteiger partial charge is 0.128 e. The molecule has 0 amide bonds. The van der Waals surface area contributed by atoms with Gasteiger partial charge in [-0.25, -0.2) is 0 Å². The van der Waals surface area contributed by atoms with Crippen LogP contribution in [0.25, 0.3) is 0 Å². The van der Waals surface area contributed by atoms with Crippen molar-refractivity contribution in [3.05, 3.63) is 57.6 Å². The van der Waals surface area contributed by atoms with E-state index in [9.17, 15) is 0 Å². The molecule has 2 aromatic rings. The molecule has 4 heteroatoms. The van der Waals surface area contributed by atoms with Gasteiger partial charge >= 0.3 is 0 Å². The number of rotatable bonds is 5. The lowest BCUT2D eigenvalue weighted by Crippen LogP contribution is -1.98. The number of aryl methyl sites for hydroxylation is 1. The van der Waals surface area contributed by atoms with E-state index < -0.39 is 0 Å². The predicted molar refractivity (Wildman–Crippen MR) is 90.7 cm³/mol. The average molecular weight is 322 g/mol. The molecule has 0 bridgehead atoms. The third-order valence-electron chi connectivity index (χ3n) is 2.94. The van der Waals surface area contributed by atoms with Crippen molar-refractivity contribution in [2.45, 2.75) is 20.3 Å². The highest BCUT2D eigenvalue weighted by molar-refractivity contribution is 6.31. The molecule has 2 nitrogen and oxygen atoms in total. The van der Waals surface area contributed by atoms with E-state index in [0.29, 0.717) is 16.7 Å². The molecule has 0 saturated heterocycles. The second-order valence-corrected chi connectivity index (χ2v) is 5.57. The summed E-state index contributed by atoms with van der Waals surface area (Å²) in [5.41, 5.74) is 2.69. The maximum absolute atomic E-state index is 6.10. The first kappa shape index (κ1) is 15.9. The molecular formula is C17H17Cl2NO. The lowest BCUT2D eigenvalue weighted by Gasteiger charge is -2.08. The maximum Gasteiger partial charge on any atom is 0.128 e. The van der Waals surface area contributed by atoms with Gasteiger partial charge in [-0.15, -0.1) is 0 Å². The number of nitrogens with zero attached hydrogens (tertiary/aromatic N) is 1. The van der Waals surface area contributed by atoms with E-state index in [1.807, 2.05) is 43.3 Å². The van der Waals surface area contributed by atoms with Crippen LogP contribution < -0.4 is 4.74 Å². The van der Waals surface area contributed by atoms with Crippen molar-refractivity contribution in [2.75, 3.05) is 6.61 Å². The van der Waals surface area contributed by atoms with Gasteiger partial charge in [0.05, 0.1) is 12.3 Å². The third-order valence-corrected chi connectivity index (χ3v) is 3.58. The number of hydrogen-bond donors (Lipinski definition) is 0. The molecule has 0 aliphatic rings. The zero-order chi connectivity index (χ0) is 15.2. The summed E-state index contributed by atoms with van der Waals surface area (Å²) in [4.78, 5) is 4.44. The first-order valence-corrected chi connectivity index (χ1v) is 7.58. The Bertz CT molecular complexity index is 653. The van der Waals surface area contributed by atoms with Gasteiger partial charge < -0.3 is 4.74 Å². The molecule has 0 aliphatic heterocycles. The highest BCUT2D eigenvalue weighted by Gasteiger charge is 2.03. The molecule has 0 unspecified atom stereocenters. The minimum Gasteiger partial charge on any atom is -0.493 e. The van der Waals surface area contributed by atoms with Crippen LogP contribution in [-0.2, 0) is 0 Å². The van der Waals surface area contributed by atoms with E-state index >= 15 is 0 Å². The summed E-state index contributed by atoms with van der Waals surface area (Å²) < 4.78 is 5.70. The van der Waals surface area contributed by atoms with E-state index in [-0.39, 0.29) is 0 Å². The topological polar surface area (TPSA) is 21.6 Å². The van der Waals surface area contributed by atoms with Crippen molar-refractivity contribution in [3.8, 4) is 5.75 Å². The van der Waals surface area contributed by atoms with Crippen LogP contribution in [0.5, 0.6) is 5.75 Å². The molecular weight excluding hydrogens is 305 g/mol. The minimum absolute atomic E-state index is 0.655. The molecule has 0 atom stereocenters. The summed E-state index contributed by atoms with van der Waals surface area (Å²) in [5.74, 6) is 0.781.